The minimum absolute atomic E-state index is 0.0267. The number of carbonyl (C=O) groups excluding carboxylic acids is 1. The van der Waals surface area contributed by atoms with E-state index in [0.29, 0.717) is 12.1 Å². The molecule has 1 amide bonds. The lowest BCUT2D eigenvalue weighted by Crippen LogP contribution is -2.29. The molecular formula is C15H14F2N4O3S. The molecule has 0 bridgehead atoms. The number of ether oxygens (including phenoxy) is 1. The van der Waals surface area contributed by atoms with Crippen molar-refractivity contribution in [2.45, 2.75) is 18.3 Å². The van der Waals surface area contributed by atoms with Gasteiger partial charge in [0.15, 0.2) is 0 Å². The van der Waals surface area contributed by atoms with Crippen LogP contribution in [0.2, 0.25) is 0 Å². The lowest BCUT2D eigenvalue weighted by atomic mass is 10.2. The Morgan fingerprint density at radius 2 is 2.12 bits per heavy atom. The minimum Gasteiger partial charge on any atom is -0.435 e. The third-order valence-corrected chi connectivity index (χ3v) is 3.84. The molecule has 2 rings (SSSR count). The van der Waals surface area contributed by atoms with Crippen LogP contribution in [0.3, 0.4) is 0 Å². The van der Waals surface area contributed by atoms with Gasteiger partial charge in [0.25, 0.3) is 5.22 Å². The van der Waals surface area contributed by atoms with Gasteiger partial charge in [0, 0.05) is 19.2 Å². The van der Waals surface area contributed by atoms with Crippen LogP contribution in [-0.4, -0.2) is 47.0 Å². The van der Waals surface area contributed by atoms with Crippen molar-refractivity contribution in [3.8, 4) is 23.3 Å². The number of aromatic nitrogens is 2. The van der Waals surface area contributed by atoms with E-state index in [4.69, 9.17) is 9.68 Å². The molecule has 2 aromatic rings. The molecule has 0 aliphatic rings. The number of hydrogen-bond acceptors (Lipinski definition) is 7. The third kappa shape index (κ3) is 5.72. The first-order valence-corrected chi connectivity index (χ1v) is 8.10. The van der Waals surface area contributed by atoms with Gasteiger partial charge in [0.1, 0.15) is 5.75 Å². The standard InChI is InChI=1S/C15H14F2N4O3S/c1-21(8-2-7-18)12(22)9-25-15-20-19-13(24-15)10-3-5-11(6-4-10)23-14(16)17/h3-6,14H,2,8-9H2,1H3. The summed E-state index contributed by atoms with van der Waals surface area (Å²) < 4.78 is 33.9. The van der Waals surface area contributed by atoms with Gasteiger partial charge in [-0.15, -0.1) is 10.2 Å². The van der Waals surface area contributed by atoms with Gasteiger partial charge in [0.05, 0.1) is 18.2 Å². The average Bonchev–Trinajstić information content (AvgIpc) is 3.06. The second-order valence-corrected chi connectivity index (χ2v) is 5.71. The van der Waals surface area contributed by atoms with Gasteiger partial charge in [0.2, 0.25) is 11.8 Å². The second-order valence-electron chi connectivity index (χ2n) is 4.79. The van der Waals surface area contributed by atoms with E-state index in [-0.39, 0.29) is 34.9 Å². The first kappa shape index (κ1) is 18.7. The van der Waals surface area contributed by atoms with Crippen LogP contribution in [0.4, 0.5) is 8.78 Å². The Bertz CT molecular complexity index is 746. The molecule has 0 aliphatic heterocycles. The monoisotopic (exact) mass is 368 g/mol. The van der Waals surface area contributed by atoms with Gasteiger partial charge in [-0.2, -0.15) is 14.0 Å². The number of alkyl halides is 2. The van der Waals surface area contributed by atoms with E-state index in [1.807, 2.05) is 6.07 Å². The fourth-order valence-electron chi connectivity index (χ4n) is 1.74. The zero-order valence-corrected chi connectivity index (χ0v) is 14.0. The summed E-state index contributed by atoms with van der Waals surface area (Å²) in [5.74, 6) is 0.175. The van der Waals surface area contributed by atoms with Gasteiger partial charge < -0.3 is 14.1 Å². The van der Waals surface area contributed by atoms with Gasteiger partial charge >= 0.3 is 6.61 Å². The number of thioether (sulfide) groups is 1. The molecule has 0 spiro atoms. The quantitative estimate of drug-likeness (QED) is 0.662. The fraction of sp³-hybridized carbons (Fsp3) is 0.333. The molecule has 1 heterocycles. The highest BCUT2D eigenvalue weighted by molar-refractivity contribution is 7.99. The number of hydrogen-bond donors (Lipinski definition) is 0. The molecule has 0 saturated carbocycles. The highest BCUT2D eigenvalue weighted by Gasteiger charge is 2.14. The Labute approximate surface area is 146 Å². The maximum absolute atomic E-state index is 12.1. The molecule has 1 aromatic carbocycles. The van der Waals surface area contributed by atoms with E-state index in [1.54, 1.807) is 7.05 Å². The molecule has 132 valence electrons. The zero-order chi connectivity index (χ0) is 18.2. The van der Waals surface area contributed by atoms with Gasteiger partial charge in [-0.1, -0.05) is 11.8 Å². The number of carbonyl (C=O) groups is 1. The Kier molecular flexibility index (Phi) is 6.71. The van der Waals surface area contributed by atoms with Crippen molar-refractivity contribution in [1.29, 1.82) is 5.26 Å². The number of benzene rings is 1. The van der Waals surface area contributed by atoms with Crippen molar-refractivity contribution >= 4 is 17.7 Å². The first-order chi connectivity index (χ1) is 12.0. The molecular weight excluding hydrogens is 354 g/mol. The minimum atomic E-state index is -2.89. The average molecular weight is 368 g/mol. The van der Waals surface area contributed by atoms with Crippen LogP contribution in [0.5, 0.6) is 5.75 Å². The molecule has 0 unspecified atom stereocenters. The topological polar surface area (TPSA) is 92.2 Å². The Morgan fingerprint density at radius 1 is 1.40 bits per heavy atom. The van der Waals surface area contributed by atoms with Gasteiger partial charge in [-0.05, 0) is 24.3 Å². The molecule has 0 atom stereocenters. The van der Waals surface area contributed by atoms with Crippen LogP contribution in [0.15, 0.2) is 33.9 Å². The molecule has 7 nitrogen and oxygen atoms in total. The number of rotatable bonds is 8. The van der Waals surface area contributed by atoms with Crippen molar-refractivity contribution in [2.24, 2.45) is 0 Å². The number of nitrogens with zero attached hydrogens (tertiary/aromatic N) is 4. The summed E-state index contributed by atoms with van der Waals surface area (Å²) in [6, 6.07) is 7.73. The Morgan fingerprint density at radius 3 is 2.76 bits per heavy atom. The van der Waals surface area contributed by atoms with Crippen molar-refractivity contribution in [2.75, 3.05) is 19.3 Å². The summed E-state index contributed by atoms with van der Waals surface area (Å²) in [7, 11) is 1.61. The summed E-state index contributed by atoms with van der Waals surface area (Å²) in [6.45, 7) is -2.53. The molecule has 0 radical (unpaired) electrons. The van der Waals surface area contributed by atoms with Gasteiger partial charge in [-0.25, -0.2) is 0 Å². The summed E-state index contributed by atoms with van der Waals surface area (Å²) in [4.78, 5) is 13.3. The summed E-state index contributed by atoms with van der Waals surface area (Å²) in [5.41, 5.74) is 0.540. The summed E-state index contributed by atoms with van der Waals surface area (Å²) >= 11 is 1.08. The van der Waals surface area contributed by atoms with Crippen LogP contribution >= 0.6 is 11.8 Å². The number of nitriles is 1. The summed E-state index contributed by atoms with van der Waals surface area (Å²) in [6.07, 6.45) is 0.267. The molecule has 0 fully saturated rings. The lowest BCUT2D eigenvalue weighted by Gasteiger charge is -2.13. The normalized spacial score (nSPS) is 10.5. The number of amides is 1. The van der Waals surface area contributed by atoms with Crippen molar-refractivity contribution < 1.29 is 22.7 Å². The molecule has 0 aliphatic carbocycles. The van der Waals surface area contributed by atoms with Crippen LogP contribution in [-0.2, 0) is 4.79 Å². The van der Waals surface area contributed by atoms with Crippen molar-refractivity contribution in [3.63, 3.8) is 0 Å². The first-order valence-electron chi connectivity index (χ1n) is 7.12. The van der Waals surface area contributed by atoms with E-state index in [0.717, 1.165) is 11.8 Å². The van der Waals surface area contributed by atoms with Crippen molar-refractivity contribution in [3.05, 3.63) is 24.3 Å². The van der Waals surface area contributed by atoms with Gasteiger partial charge in [-0.3, -0.25) is 4.79 Å². The highest BCUT2D eigenvalue weighted by atomic mass is 32.2. The molecule has 0 saturated heterocycles. The van der Waals surface area contributed by atoms with E-state index < -0.39 is 6.61 Å². The Balaban J connectivity index is 1.91. The predicted octanol–water partition coefficient (Wildman–Crippen LogP) is 2.80. The zero-order valence-electron chi connectivity index (χ0n) is 13.2. The van der Waals surface area contributed by atoms with Crippen LogP contribution < -0.4 is 4.74 Å². The second kappa shape index (κ2) is 8.98. The maximum Gasteiger partial charge on any atom is 0.387 e. The molecule has 1 aromatic heterocycles. The number of halogens is 2. The van der Waals surface area contributed by atoms with E-state index in [9.17, 15) is 13.6 Å². The van der Waals surface area contributed by atoms with Crippen LogP contribution in [0.25, 0.3) is 11.5 Å². The largest absolute Gasteiger partial charge is 0.435 e. The SMILES string of the molecule is CN(CCC#N)C(=O)CSc1nnc(-c2ccc(OC(F)F)cc2)o1. The van der Waals surface area contributed by atoms with E-state index in [2.05, 4.69) is 14.9 Å². The van der Waals surface area contributed by atoms with Crippen LogP contribution in [0.1, 0.15) is 6.42 Å². The Hall–Kier alpha value is -2.67. The summed E-state index contributed by atoms with van der Waals surface area (Å²) in [5, 5.41) is 16.4. The van der Waals surface area contributed by atoms with Crippen LogP contribution in [0, 0.1) is 11.3 Å². The van der Waals surface area contributed by atoms with E-state index >= 15 is 0 Å². The molecule has 25 heavy (non-hydrogen) atoms. The molecule has 0 N–H and O–H groups in total. The predicted molar refractivity (Wildman–Crippen MR) is 85.0 cm³/mol. The highest BCUT2D eigenvalue weighted by Crippen LogP contribution is 2.25. The smallest absolute Gasteiger partial charge is 0.387 e. The molecule has 10 heteroatoms. The third-order valence-electron chi connectivity index (χ3n) is 3.04. The fourth-order valence-corrected chi connectivity index (χ4v) is 2.44. The maximum atomic E-state index is 12.1. The lowest BCUT2D eigenvalue weighted by molar-refractivity contribution is -0.127. The van der Waals surface area contributed by atoms with Crippen molar-refractivity contribution in [1.82, 2.24) is 15.1 Å². The van der Waals surface area contributed by atoms with E-state index in [1.165, 1.54) is 29.2 Å².